The number of morpholine rings is 1. The Balaban J connectivity index is 1.42. The Bertz CT molecular complexity index is 1710. The van der Waals surface area contributed by atoms with E-state index in [4.69, 9.17) is 9.47 Å². The van der Waals surface area contributed by atoms with Crippen LogP contribution in [0.4, 0.5) is 14.5 Å². The predicted octanol–water partition coefficient (Wildman–Crippen LogP) is 3.27. The van der Waals surface area contributed by atoms with Crippen molar-refractivity contribution in [3.8, 4) is 17.0 Å². The molecule has 2 aromatic carbocycles. The normalized spacial score (nSPS) is 14.4. The topological polar surface area (TPSA) is 116 Å². The number of hydrogen-bond acceptors (Lipinski definition) is 8. The van der Waals surface area contributed by atoms with Crippen molar-refractivity contribution >= 4 is 26.6 Å². The number of nitrogens with zero attached hydrogens (tertiary/aromatic N) is 4. The van der Waals surface area contributed by atoms with Gasteiger partial charge >= 0.3 is 0 Å². The van der Waals surface area contributed by atoms with Crippen LogP contribution in [0.5, 0.6) is 5.88 Å². The molecule has 1 fully saturated rings. The number of anilines is 1. The zero-order valence-electron chi connectivity index (χ0n) is 21.6. The number of halogens is 2. The molecule has 2 aromatic heterocycles. The summed E-state index contributed by atoms with van der Waals surface area (Å²) in [6, 6.07) is 8.74. The Morgan fingerprint density at radius 2 is 1.82 bits per heavy atom. The van der Waals surface area contributed by atoms with E-state index in [1.54, 1.807) is 29.1 Å². The maximum atomic E-state index is 14.2. The Hall–Kier alpha value is -3.94. The second kappa shape index (κ2) is 11.7. The van der Waals surface area contributed by atoms with Gasteiger partial charge in [-0.3, -0.25) is 19.0 Å². The molecule has 1 N–H and O–H groups in total. The quantitative estimate of drug-likeness (QED) is 0.326. The molecule has 0 unspecified atom stereocenters. The van der Waals surface area contributed by atoms with Crippen LogP contribution in [0.1, 0.15) is 6.42 Å². The fourth-order valence-corrected chi connectivity index (χ4v) is 5.63. The van der Waals surface area contributed by atoms with Crippen molar-refractivity contribution in [1.29, 1.82) is 0 Å². The van der Waals surface area contributed by atoms with E-state index in [2.05, 4.69) is 19.6 Å². The van der Waals surface area contributed by atoms with E-state index in [1.165, 1.54) is 19.4 Å². The van der Waals surface area contributed by atoms with Gasteiger partial charge in [0, 0.05) is 44.0 Å². The standard InChI is InChI=1S/C27H27F2N5O5S/c1-38-26-24(32-40(36,37)25-6-4-20(28)15-22(25)29)14-19(16-30-26)18-3-5-23-21(13-18)27(35)34(17-31-23)8-2-7-33-9-11-39-12-10-33/h3-6,13-17,32H,2,7-12H2,1H3. The number of ether oxygens (including phenoxy) is 2. The molecule has 5 rings (SSSR count). The zero-order chi connectivity index (χ0) is 28.3. The number of aryl methyl sites for hydroxylation is 1. The van der Waals surface area contributed by atoms with Gasteiger partial charge in [0.2, 0.25) is 5.88 Å². The van der Waals surface area contributed by atoms with Crippen molar-refractivity contribution in [2.75, 3.05) is 44.7 Å². The van der Waals surface area contributed by atoms with Crippen LogP contribution in [-0.4, -0.2) is 67.8 Å². The molecule has 210 valence electrons. The van der Waals surface area contributed by atoms with Gasteiger partial charge in [0.05, 0.1) is 37.6 Å². The molecular formula is C27H27F2N5O5S. The summed E-state index contributed by atoms with van der Waals surface area (Å²) in [6.07, 6.45) is 3.79. The molecule has 40 heavy (non-hydrogen) atoms. The van der Waals surface area contributed by atoms with Gasteiger partial charge in [0.25, 0.3) is 15.6 Å². The molecule has 4 aromatic rings. The Morgan fingerprint density at radius 3 is 2.58 bits per heavy atom. The molecule has 0 saturated carbocycles. The van der Waals surface area contributed by atoms with E-state index in [1.807, 2.05) is 0 Å². The number of fused-ring (bicyclic) bond motifs is 1. The lowest BCUT2D eigenvalue weighted by molar-refractivity contribution is 0.0369. The Morgan fingerprint density at radius 1 is 1.02 bits per heavy atom. The number of hydrogen-bond donors (Lipinski definition) is 1. The molecule has 0 aliphatic carbocycles. The molecule has 3 heterocycles. The number of nitrogens with one attached hydrogen (secondary N) is 1. The summed E-state index contributed by atoms with van der Waals surface area (Å²) in [5.74, 6) is -2.20. The molecule has 0 atom stereocenters. The van der Waals surface area contributed by atoms with Crippen molar-refractivity contribution in [3.05, 3.63) is 77.0 Å². The van der Waals surface area contributed by atoms with Crippen LogP contribution in [0, 0.1) is 11.6 Å². The maximum Gasteiger partial charge on any atom is 0.264 e. The van der Waals surface area contributed by atoms with E-state index in [0.717, 1.165) is 38.2 Å². The van der Waals surface area contributed by atoms with Gasteiger partial charge in [-0.1, -0.05) is 6.07 Å². The van der Waals surface area contributed by atoms with Crippen LogP contribution >= 0.6 is 0 Å². The van der Waals surface area contributed by atoms with Gasteiger partial charge < -0.3 is 9.47 Å². The first-order chi connectivity index (χ1) is 19.2. The van der Waals surface area contributed by atoms with Crippen LogP contribution in [0.3, 0.4) is 0 Å². The summed E-state index contributed by atoms with van der Waals surface area (Å²) in [5.41, 5.74) is 1.33. The molecule has 1 aliphatic heterocycles. The first kappa shape index (κ1) is 27.6. The lowest BCUT2D eigenvalue weighted by atomic mass is 10.1. The number of aromatic nitrogens is 3. The van der Waals surface area contributed by atoms with Crippen LogP contribution in [0.25, 0.3) is 22.0 Å². The molecule has 0 amide bonds. The predicted molar refractivity (Wildman–Crippen MR) is 145 cm³/mol. The smallest absolute Gasteiger partial charge is 0.264 e. The van der Waals surface area contributed by atoms with E-state index in [0.29, 0.717) is 47.9 Å². The molecule has 1 saturated heterocycles. The minimum Gasteiger partial charge on any atom is -0.480 e. The summed E-state index contributed by atoms with van der Waals surface area (Å²) in [7, 11) is -3.13. The van der Waals surface area contributed by atoms with Crippen molar-refractivity contribution in [1.82, 2.24) is 19.4 Å². The van der Waals surface area contributed by atoms with Gasteiger partial charge in [-0.05, 0) is 42.3 Å². The minimum absolute atomic E-state index is 0.0556. The maximum absolute atomic E-state index is 14.2. The van der Waals surface area contributed by atoms with Crippen molar-refractivity contribution in [3.63, 3.8) is 0 Å². The molecule has 0 radical (unpaired) electrons. The fourth-order valence-electron chi connectivity index (χ4n) is 4.53. The highest BCUT2D eigenvalue weighted by Gasteiger charge is 2.22. The zero-order valence-corrected chi connectivity index (χ0v) is 22.5. The molecule has 0 spiro atoms. The van der Waals surface area contributed by atoms with E-state index < -0.39 is 26.6 Å². The van der Waals surface area contributed by atoms with Gasteiger partial charge in [-0.2, -0.15) is 0 Å². The molecule has 1 aliphatic rings. The van der Waals surface area contributed by atoms with E-state index in [9.17, 15) is 22.0 Å². The third-order valence-corrected chi connectivity index (χ3v) is 8.01. The second-order valence-electron chi connectivity index (χ2n) is 9.24. The first-order valence-electron chi connectivity index (χ1n) is 12.6. The van der Waals surface area contributed by atoms with Crippen LogP contribution in [0.2, 0.25) is 0 Å². The number of pyridine rings is 1. The third-order valence-electron chi connectivity index (χ3n) is 6.61. The Kier molecular flexibility index (Phi) is 8.05. The summed E-state index contributed by atoms with van der Waals surface area (Å²) < 4.78 is 67.7. The monoisotopic (exact) mass is 571 g/mol. The van der Waals surface area contributed by atoms with Crippen LogP contribution in [-0.2, 0) is 21.3 Å². The summed E-state index contributed by atoms with van der Waals surface area (Å²) in [5, 5.41) is 0.401. The highest BCUT2D eigenvalue weighted by Crippen LogP contribution is 2.31. The average molecular weight is 572 g/mol. The average Bonchev–Trinajstić information content (AvgIpc) is 2.94. The van der Waals surface area contributed by atoms with Crippen LogP contribution in [0.15, 0.2) is 64.7 Å². The number of methoxy groups -OCH3 is 1. The van der Waals surface area contributed by atoms with E-state index >= 15 is 0 Å². The molecule has 10 nitrogen and oxygen atoms in total. The van der Waals surface area contributed by atoms with Crippen molar-refractivity contribution in [2.24, 2.45) is 0 Å². The van der Waals surface area contributed by atoms with Gasteiger partial charge in [0.1, 0.15) is 22.2 Å². The minimum atomic E-state index is -4.44. The lowest BCUT2D eigenvalue weighted by Gasteiger charge is -2.26. The molecule has 0 bridgehead atoms. The van der Waals surface area contributed by atoms with E-state index in [-0.39, 0.29) is 17.1 Å². The summed E-state index contributed by atoms with van der Waals surface area (Å²) in [6.45, 7) is 4.55. The number of benzene rings is 2. The third kappa shape index (κ3) is 5.96. The van der Waals surface area contributed by atoms with Crippen LogP contribution < -0.4 is 15.0 Å². The highest BCUT2D eigenvalue weighted by molar-refractivity contribution is 7.92. The number of sulfonamides is 1. The van der Waals surface area contributed by atoms with Gasteiger partial charge in [0.15, 0.2) is 0 Å². The first-order valence-corrected chi connectivity index (χ1v) is 14.0. The summed E-state index contributed by atoms with van der Waals surface area (Å²) >= 11 is 0. The lowest BCUT2D eigenvalue weighted by Crippen LogP contribution is -2.37. The SMILES string of the molecule is COc1ncc(-c2ccc3ncn(CCCN4CCOCC4)c(=O)c3c2)cc1NS(=O)(=O)c1ccc(F)cc1F. The van der Waals surface area contributed by atoms with Gasteiger partial charge in [-0.15, -0.1) is 0 Å². The molecule has 13 heteroatoms. The molecular weight excluding hydrogens is 544 g/mol. The highest BCUT2D eigenvalue weighted by atomic mass is 32.2. The largest absolute Gasteiger partial charge is 0.480 e. The van der Waals surface area contributed by atoms with Crippen molar-refractivity contribution < 1.29 is 26.7 Å². The second-order valence-corrected chi connectivity index (χ2v) is 10.9. The Labute approximate surface area is 229 Å². The number of rotatable bonds is 9. The summed E-state index contributed by atoms with van der Waals surface area (Å²) in [4.78, 5) is 23.4. The van der Waals surface area contributed by atoms with Crippen molar-refractivity contribution in [2.45, 2.75) is 17.9 Å². The fraction of sp³-hybridized carbons (Fsp3) is 0.296. The van der Waals surface area contributed by atoms with Gasteiger partial charge in [-0.25, -0.2) is 27.2 Å².